The minimum absolute atomic E-state index is 0.0498. The van der Waals surface area contributed by atoms with Crippen LogP contribution in [-0.4, -0.2) is 24.3 Å². The topological polar surface area (TPSA) is 35.5 Å². The first-order valence-corrected chi connectivity index (χ1v) is 7.69. The number of carbonyl (C=O) groups excluding carboxylic acids is 1. The number of hydrogen-bond acceptors (Lipinski definition) is 3. The number of unbranched alkanes of at least 4 members (excludes halogenated alkanes) is 3. The third kappa shape index (κ3) is 5.35. The van der Waals surface area contributed by atoms with Crippen LogP contribution < -0.4 is 0 Å². The van der Waals surface area contributed by atoms with Crippen LogP contribution in [0.4, 0.5) is 0 Å². The maximum Gasteiger partial charge on any atom is 0.335 e. The SMILES string of the molecule is C=CCC[C@H]1OC(=O)[C@H](CCCCCC)O[C@@H]1CC. The van der Waals surface area contributed by atoms with Crippen LogP contribution >= 0.6 is 0 Å². The van der Waals surface area contributed by atoms with Gasteiger partial charge in [-0.15, -0.1) is 6.58 Å². The fourth-order valence-electron chi connectivity index (χ4n) is 2.48. The molecule has 1 fully saturated rings. The Labute approximate surface area is 117 Å². The molecule has 0 spiro atoms. The Morgan fingerprint density at radius 3 is 2.58 bits per heavy atom. The van der Waals surface area contributed by atoms with Gasteiger partial charge in [-0.1, -0.05) is 45.6 Å². The molecule has 1 aliphatic heterocycles. The number of hydrogen-bond donors (Lipinski definition) is 0. The van der Waals surface area contributed by atoms with E-state index in [0.717, 1.165) is 32.1 Å². The molecule has 1 heterocycles. The van der Waals surface area contributed by atoms with Crippen LogP contribution in [0.2, 0.25) is 0 Å². The van der Waals surface area contributed by atoms with Gasteiger partial charge in [-0.05, 0) is 25.7 Å². The van der Waals surface area contributed by atoms with Gasteiger partial charge in [-0.25, -0.2) is 4.79 Å². The molecule has 3 heteroatoms. The molecule has 0 aromatic carbocycles. The lowest BCUT2D eigenvalue weighted by Gasteiger charge is -2.35. The van der Waals surface area contributed by atoms with Gasteiger partial charge >= 0.3 is 5.97 Å². The van der Waals surface area contributed by atoms with Crippen molar-refractivity contribution in [1.29, 1.82) is 0 Å². The molecule has 1 saturated heterocycles. The van der Waals surface area contributed by atoms with Gasteiger partial charge in [0.25, 0.3) is 0 Å². The van der Waals surface area contributed by atoms with Crippen molar-refractivity contribution in [2.24, 2.45) is 0 Å². The summed E-state index contributed by atoms with van der Waals surface area (Å²) < 4.78 is 11.5. The van der Waals surface area contributed by atoms with Crippen LogP contribution in [0.15, 0.2) is 12.7 Å². The molecule has 0 saturated carbocycles. The molecule has 0 radical (unpaired) electrons. The summed E-state index contributed by atoms with van der Waals surface area (Å²) in [7, 11) is 0. The zero-order valence-corrected chi connectivity index (χ0v) is 12.4. The van der Waals surface area contributed by atoms with E-state index in [1.54, 1.807) is 0 Å². The second kappa shape index (κ2) is 9.13. The van der Waals surface area contributed by atoms with Crippen LogP contribution in [0.1, 0.15) is 65.2 Å². The molecule has 3 atom stereocenters. The Bertz CT molecular complexity index is 275. The lowest BCUT2D eigenvalue weighted by atomic mass is 10.0. The summed E-state index contributed by atoms with van der Waals surface area (Å²) in [5.41, 5.74) is 0. The normalized spacial score (nSPS) is 27.1. The molecule has 0 aliphatic carbocycles. The minimum atomic E-state index is -0.346. The molecule has 0 aromatic rings. The smallest absolute Gasteiger partial charge is 0.335 e. The monoisotopic (exact) mass is 268 g/mol. The Morgan fingerprint density at radius 2 is 1.95 bits per heavy atom. The highest BCUT2D eigenvalue weighted by atomic mass is 16.6. The number of allylic oxidation sites excluding steroid dienone is 1. The van der Waals surface area contributed by atoms with Crippen LogP contribution in [-0.2, 0) is 14.3 Å². The van der Waals surface area contributed by atoms with Crippen molar-refractivity contribution in [3.8, 4) is 0 Å². The first-order chi connectivity index (χ1) is 9.22. The van der Waals surface area contributed by atoms with E-state index in [4.69, 9.17) is 9.47 Å². The molecule has 110 valence electrons. The van der Waals surface area contributed by atoms with Gasteiger partial charge in [-0.3, -0.25) is 0 Å². The summed E-state index contributed by atoms with van der Waals surface area (Å²) in [4.78, 5) is 11.9. The van der Waals surface area contributed by atoms with E-state index >= 15 is 0 Å². The van der Waals surface area contributed by atoms with Crippen LogP contribution in [0, 0.1) is 0 Å². The number of esters is 1. The Morgan fingerprint density at radius 1 is 1.16 bits per heavy atom. The molecule has 3 nitrogen and oxygen atoms in total. The molecule has 0 aromatic heterocycles. The largest absolute Gasteiger partial charge is 0.458 e. The number of rotatable bonds is 9. The summed E-state index contributed by atoms with van der Waals surface area (Å²) >= 11 is 0. The van der Waals surface area contributed by atoms with Gasteiger partial charge in [0.05, 0.1) is 6.10 Å². The van der Waals surface area contributed by atoms with Gasteiger partial charge in [-0.2, -0.15) is 0 Å². The van der Waals surface area contributed by atoms with Crippen molar-refractivity contribution in [3.63, 3.8) is 0 Å². The average Bonchev–Trinajstić information content (AvgIpc) is 2.42. The van der Waals surface area contributed by atoms with Gasteiger partial charge in [0.2, 0.25) is 0 Å². The van der Waals surface area contributed by atoms with Crippen molar-refractivity contribution in [2.75, 3.05) is 0 Å². The number of cyclic esters (lactones) is 1. The van der Waals surface area contributed by atoms with Crippen molar-refractivity contribution >= 4 is 5.97 Å². The Hall–Kier alpha value is -0.830. The third-order valence-corrected chi connectivity index (χ3v) is 3.66. The van der Waals surface area contributed by atoms with Gasteiger partial charge in [0, 0.05) is 0 Å². The van der Waals surface area contributed by atoms with E-state index in [0.29, 0.717) is 0 Å². The van der Waals surface area contributed by atoms with Gasteiger partial charge in [0.15, 0.2) is 6.10 Å². The molecule has 1 rings (SSSR count). The molecule has 0 amide bonds. The van der Waals surface area contributed by atoms with Crippen molar-refractivity contribution in [2.45, 2.75) is 83.5 Å². The zero-order chi connectivity index (χ0) is 14.1. The highest BCUT2D eigenvalue weighted by Gasteiger charge is 2.36. The lowest BCUT2D eigenvalue weighted by Crippen LogP contribution is -2.46. The van der Waals surface area contributed by atoms with Crippen LogP contribution in [0.25, 0.3) is 0 Å². The first kappa shape index (κ1) is 16.2. The molecule has 0 unspecified atom stereocenters. The highest BCUT2D eigenvalue weighted by molar-refractivity contribution is 5.75. The van der Waals surface area contributed by atoms with E-state index in [2.05, 4.69) is 20.4 Å². The Kier molecular flexibility index (Phi) is 7.80. The highest BCUT2D eigenvalue weighted by Crippen LogP contribution is 2.25. The van der Waals surface area contributed by atoms with Crippen LogP contribution in [0.3, 0.4) is 0 Å². The third-order valence-electron chi connectivity index (χ3n) is 3.66. The first-order valence-electron chi connectivity index (χ1n) is 7.69. The lowest BCUT2D eigenvalue weighted by molar-refractivity contribution is -0.202. The predicted molar refractivity (Wildman–Crippen MR) is 77.0 cm³/mol. The molecule has 0 bridgehead atoms. The van der Waals surface area contributed by atoms with Gasteiger partial charge in [0.1, 0.15) is 6.10 Å². The number of carbonyl (C=O) groups is 1. The van der Waals surface area contributed by atoms with E-state index in [-0.39, 0.29) is 24.3 Å². The summed E-state index contributed by atoms with van der Waals surface area (Å²) in [6.07, 6.45) is 9.47. The minimum Gasteiger partial charge on any atom is -0.458 e. The summed E-state index contributed by atoms with van der Waals surface area (Å²) in [6.45, 7) is 7.97. The summed E-state index contributed by atoms with van der Waals surface area (Å²) in [5, 5.41) is 0. The van der Waals surface area contributed by atoms with Crippen molar-refractivity contribution in [3.05, 3.63) is 12.7 Å². The number of ether oxygens (including phenoxy) is 2. The van der Waals surface area contributed by atoms with Crippen molar-refractivity contribution < 1.29 is 14.3 Å². The summed E-state index contributed by atoms with van der Waals surface area (Å²) in [5.74, 6) is -0.171. The molecule has 19 heavy (non-hydrogen) atoms. The molecule has 1 aliphatic rings. The predicted octanol–water partition coefficient (Wildman–Crippen LogP) is 4.01. The van der Waals surface area contributed by atoms with Crippen LogP contribution in [0.5, 0.6) is 0 Å². The second-order valence-corrected chi connectivity index (χ2v) is 5.26. The van der Waals surface area contributed by atoms with Gasteiger partial charge < -0.3 is 9.47 Å². The molecular weight excluding hydrogens is 240 g/mol. The standard InChI is InChI=1S/C16H28O3/c1-4-7-9-10-12-15-16(17)19-14(11-8-5-2)13(6-3)18-15/h5,13-15H,2,4,6-12H2,1,3H3/t13-,14-,15+/m1/s1. The molecule has 0 N–H and O–H groups in total. The maximum absolute atomic E-state index is 11.9. The van der Waals surface area contributed by atoms with E-state index < -0.39 is 0 Å². The van der Waals surface area contributed by atoms with E-state index in [9.17, 15) is 4.79 Å². The van der Waals surface area contributed by atoms with E-state index in [1.165, 1.54) is 19.3 Å². The Balaban J connectivity index is 2.41. The second-order valence-electron chi connectivity index (χ2n) is 5.26. The maximum atomic E-state index is 11.9. The van der Waals surface area contributed by atoms with Crippen molar-refractivity contribution in [1.82, 2.24) is 0 Å². The summed E-state index contributed by atoms with van der Waals surface area (Å²) in [6, 6.07) is 0. The van der Waals surface area contributed by atoms with E-state index in [1.807, 2.05) is 6.08 Å². The fourth-order valence-corrected chi connectivity index (χ4v) is 2.48. The zero-order valence-electron chi connectivity index (χ0n) is 12.4. The quantitative estimate of drug-likeness (QED) is 0.360. The molecular formula is C16H28O3. The fraction of sp³-hybridized carbons (Fsp3) is 0.812. The average molecular weight is 268 g/mol.